The van der Waals surface area contributed by atoms with Gasteiger partial charge in [0.2, 0.25) is 0 Å². The molecule has 0 atom stereocenters. The van der Waals surface area contributed by atoms with Crippen molar-refractivity contribution >= 4 is 17.5 Å². The Morgan fingerprint density at radius 1 is 1.38 bits per heavy atom. The minimum absolute atomic E-state index is 0.300. The zero-order valence-electron chi connectivity index (χ0n) is 14.2. The monoisotopic (exact) mass is 354 g/mol. The highest BCUT2D eigenvalue weighted by Gasteiger charge is 2.35. The van der Waals surface area contributed by atoms with E-state index in [9.17, 15) is 9.59 Å². The second-order valence-electron chi connectivity index (χ2n) is 6.06. The molecule has 2 N–H and O–H groups in total. The quantitative estimate of drug-likeness (QED) is 0.598. The molecule has 1 heterocycles. The molecule has 0 saturated heterocycles. The summed E-state index contributed by atoms with van der Waals surface area (Å²) in [4.78, 5) is 24.2. The Labute approximate surface area is 150 Å². The lowest BCUT2D eigenvalue weighted by Gasteiger charge is -2.36. The Morgan fingerprint density at radius 3 is 2.77 bits per heavy atom. The number of carbonyl (C=O) groups is 2. The molecule has 1 aliphatic carbocycles. The van der Waals surface area contributed by atoms with Crippen molar-refractivity contribution in [3.8, 4) is 23.8 Å². The van der Waals surface area contributed by atoms with Crippen molar-refractivity contribution in [3.63, 3.8) is 0 Å². The lowest BCUT2D eigenvalue weighted by atomic mass is 9.69. The summed E-state index contributed by atoms with van der Waals surface area (Å²) in [5.41, 5.74) is 0.617. The molecule has 0 spiro atoms. The molecule has 9 nitrogen and oxygen atoms in total. The SMILES string of the molecule is C#CC1(CNC(=O)C(=O)Nc2ccc(OC)c(-n3cnnn3)c2)CCC1. The molecule has 26 heavy (non-hydrogen) atoms. The molecule has 9 heteroatoms. The van der Waals surface area contributed by atoms with Gasteiger partial charge in [-0.15, -0.1) is 11.5 Å². The number of nitrogens with zero attached hydrogens (tertiary/aromatic N) is 4. The van der Waals surface area contributed by atoms with Crippen molar-refractivity contribution in [3.05, 3.63) is 24.5 Å². The molecule has 3 rings (SSSR count). The fourth-order valence-electron chi connectivity index (χ4n) is 2.71. The number of methoxy groups -OCH3 is 1. The van der Waals surface area contributed by atoms with Gasteiger partial charge in [-0.2, -0.15) is 4.68 Å². The third-order valence-corrected chi connectivity index (χ3v) is 4.44. The highest BCUT2D eigenvalue weighted by Crippen LogP contribution is 2.39. The maximum Gasteiger partial charge on any atom is 0.313 e. The maximum absolute atomic E-state index is 12.1. The highest BCUT2D eigenvalue weighted by molar-refractivity contribution is 6.39. The van der Waals surface area contributed by atoms with Gasteiger partial charge in [-0.1, -0.05) is 12.3 Å². The van der Waals surface area contributed by atoms with Crippen molar-refractivity contribution in [1.82, 2.24) is 25.5 Å². The van der Waals surface area contributed by atoms with E-state index < -0.39 is 11.8 Å². The molecule has 2 amide bonds. The van der Waals surface area contributed by atoms with Crippen molar-refractivity contribution in [1.29, 1.82) is 0 Å². The van der Waals surface area contributed by atoms with Crippen LogP contribution in [0, 0.1) is 17.8 Å². The Balaban J connectivity index is 1.66. The van der Waals surface area contributed by atoms with E-state index >= 15 is 0 Å². The standard InChI is InChI=1S/C17H18N6O3/c1-3-17(7-4-8-17)10-18-15(24)16(25)20-12-5-6-14(26-2)13(9-12)23-11-19-21-22-23/h1,5-6,9,11H,4,7-8,10H2,2H3,(H,18,24)(H,20,25). The van der Waals surface area contributed by atoms with Crippen LogP contribution in [0.25, 0.3) is 5.69 Å². The van der Waals surface area contributed by atoms with E-state index in [1.165, 1.54) is 18.1 Å². The number of carbonyl (C=O) groups excluding carboxylic acids is 2. The Hall–Kier alpha value is -3.41. The summed E-state index contributed by atoms with van der Waals surface area (Å²) in [7, 11) is 1.51. The smallest absolute Gasteiger partial charge is 0.313 e. The van der Waals surface area contributed by atoms with E-state index in [4.69, 9.17) is 11.2 Å². The number of rotatable bonds is 5. The molecule has 0 bridgehead atoms. The molecule has 1 aliphatic rings. The maximum atomic E-state index is 12.1. The predicted octanol–water partition coefficient (Wildman–Crippen LogP) is 0.529. The van der Waals surface area contributed by atoms with Crippen LogP contribution in [0.2, 0.25) is 0 Å². The second kappa shape index (κ2) is 7.23. The molecule has 2 aromatic rings. The lowest BCUT2D eigenvalue weighted by Crippen LogP contribution is -2.44. The second-order valence-corrected chi connectivity index (χ2v) is 6.06. The van der Waals surface area contributed by atoms with Crippen molar-refractivity contribution in [2.24, 2.45) is 5.41 Å². The first-order valence-electron chi connectivity index (χ1n) is 8.05. The molecular weight excluding hydrogens is 336 g/mol. The number of amides is 2. The van der Waals surface area contributed by atoms with E-state index in [1.54, 1.807) is 18.2 Å². The average molecular weight is 354 g/mol. The van der Waals surface area contributed by atoms with Gasteiger partial charge >= 0.3 is 11.8 Å². The van der Waals surface area contributed by atoms with Crippen LogP contribution in [-0.2, 0) is 9.59 Å². The van der Waals surface area contributed by atoms with Gasteiger partial charge in [-0.25, -0.2) is 0 Å². The normalized spacial score (nSPS) is 14.6. The molecule has 0 aliphatic heterocycles. The number of terminal acetylenes is 1. The number of nitrogens with one attached hydrogen (secondary N) is 2. The number of hydrogen-bond acceptors (Lipinski definition) is 6. The molecule has 1 aromatic heterocycles. The summed E-state index contributed by atoms with van der Waals surface area (Å²) < 4.78 is 6.65. The number of ether oxygens (including phenoxy) is 1. The highest BCUT2D eigenvalue weighted by atomic mass is 16.5. The molecule has 134 valence electrons. The van der Waals surface area contributed by atoms with Gasteiger partial charge in [-0.3, -0.25) is 9.59 Å². The van der Waals surface area contributed by atoms with Gasteiger partial charge in [0.25, 0.3) is 0 Å². The van der Waals surface area contributed by atoms with Crippen LogP contribution in [0.4, 0.5) is 5.69 Å². The van der Waals surface area contributed by atoms with Crippen LogP contribution in [0.15, 0.2) is 24.5 Å². The van der Waals surface area contributed by atoms with Gasteiger partial charge in [0, 0.05) is 17.6 Å². The lowest BCUT2D eigenvalue weighted by molar-refractivity contribution is -0.136. The first kappa shape index (κ1) is 17.4. The number of tetrazole rings is 1. The molecule has 0 unspecified atom stereocenters. The van der Waals surface area contributed by atoms with E-state index in [0.717, 1.165) is 19.3 Å². The van der Waals surface area contributed by atoms with Gasteiger partial charge in [0.1, 0.15) is 17.8 Å². The molecule has 0 radical (unpaired) electrons. The molecule has 1 saturated carbocycles. The predicted molar refractivity (Wildman–Crippen MR) is 92.5 cm³/mol. The summed E-state index contributed by atoms with van der Waals surface area (Å²) in [6, 6.07) is 4.87. The van der Waals surface area contributed by atoms with Crippen LogP contribution in [0.3, 0.4) is 0 Å². The number of benzene rings is 1. The molecule has 1 fully saturated rings. The third kappa shape index (κ3) is 3.49. The topological polar surface area (TPSA) is 111 Å². The summed E-state index contributed by atoms with van der Waals surface area (Å²) in [6.45, 7) is 0.300. The van der Waals surface area contributed by atoms with Crippen LogP contribution in [-0.4, -0.2) is 45.7 Å². The number of anilines is 1. The first-order chi connectivity index (χ1) is 12.6. The minimum atomic E-state index is -0.774. The largest absolute Gasteiger partial charge is 0.494 e. The van der Waals surface area contributed by atoms with E-state index in [2.05, 4.69) is 32.1 Å². The fourth-order valence-corrected chi connectivity index (χ4v) is 2.71. The van der Waals surface area contributed by atoms with Crippen molar-refractivity contribution in [2.75, 3.05) is 19.0 Å². The Bertz CT molecular complexity index is 852. The Morgan fingerprint density at radius 2 is 2.19 bits per heavy atom. The zero-order chi connectivity index (χ0) is 18.6. The van der Waals surface area contributed by atoms with Crippen LogP contribution in [0.5, 0.6) is 5.75 Å². The Kier molecular flexibility index (Phi) is 4.84. The summed E-state index contributed by atoms with van der Waals surface area (Å²) >= 11 is 0. The van der Waals surface area contributed by atoms with Crippen LogP contribution >= 0.6 is 0 Å². The van der Waals surface area contributed by atoms with Crippen LogP contribution < -0.4 is 15.4 Å². The molecular formula is C17H18N6O3. The summed E-state index contributed by atoms with van der Waals surface area (Å²) in [5.74, 6) is 1.72. The minimum Gasteiger partial charge on any atom is -0.494 e. The molecule has 1 aromatic carbocycles. The first-order valence-corrected chi connectivity index (χ1v) is 8.05. The van der Waals surface area contributed by atoms with Gasteiger partial charge in [-0.05, 0) is 41.5 Å². The third-order valence-electron chi connectivity index (χ3n) is 4.44. The fraction of sp³-hybridized carbons (Fsp3) is 0.353. The summed E-state index contributed by atoms with van der Waals surface area (Å²) in [5, 5.41) is 16.1. The number of hydrogen-bond donors (Lipinski definition) is 2. The van der Waals surface area contributed by atoms with Crippen molar-refractivity contribution in [2.45, 2.75) is 19.3 Å². The van der Waals surface area contributed by atoms with E-state index in [-0.39, 0.29) is 5.41 Å². The van der Waals surface area contributed by atoms with Gasteiger partial charge < -0.3 is 15.4 Å². The number of aromatic nitrogens is 4. The van der Waals surface area contributed by atoms with E-state index in [0.29, 0.717) is 23.7 Å². The zero-order valence-corrected chi connectivity index (χ0v) is 14.2. The average Bonchev–Trinajstić information content (AvgIpc) is 3.15. The van der Waals surface area contributed by atoms with Crippen molar-refractivity contribution < 1.29 is 14.3 Å². The van der Waals surface area contributed by atoms with Crippen LogP contribution in [0.1, 0.15) is 19.3 Å². The van der Waals surface area contributed by atoms with Gasteiger partial charge in [0.05, 0.1) is 7.11 Å². The summed E-state index contributed by atoms with van der Waals surface area (Å²) in [6.07, 6.45) is 9.67. The van der Waals surface area contributed by atoms with E-state index in [1.807, 2.05) is 0 Å². The van der Waals surface area contributed by atoms with Gasteiger partial charge in [0.15, 0.2) is 0 Å².